The number of benzene rings is 1. The molecule has 0 amide bonds. The fourth-order valence-electron chi connectivity index (χ4n) is 5.24. The number of nitrogens with zero attached hydrogens (tertiary/aromatic N) is 2. The van der Waals surface area contributed by atoms with Crippen LogP contribution in [0.15, 0.2) is 45.5 Å². The highest BCUT2D eigenvalue weighted by molar-refractivity contribution is 9.10. The second kappa shape index (κ2) is 13.9. The SMILES string of the molecule is CC[C@@H]1CC(C)C[C@@H](OCc2c(-c3ccccc3OC(F)(F)F)noc2C2CC2)C1.COC(=O)c1cnc(N)c(Br)c1. The predicted octanol–water partition coefficient (Wildman–Crippen LogP) is 8.06. The number of pyridine rings is 1. The number of esters is 1. The molecule has 1 aromatic carbocycles. The molecule has 2 aliphatic carbocycles. The van der Waals surface area contributed by atoms with Crippen molar-refractivity contribution in [3.05, 3.63) is 57.9 Å². The number of halogens is 4. The zero-order valence-electron chi connectivity index (χ0n) is 23.7. The molecule has 228 valence electrons. The number of carbonyl (C=O) groups excluding carboxylic acids is 1. The van der Waals surface area contributed by atoms with Crippen LogP contribution in [0.25, 0.3) is 11.3 Å². The van der Waals surface area contributed by atoms with Gasteiger partial charge in [0.2, 0.25) is 0 Å². The van der Waals surface area contributed by atoms with Gasteiger partial charge in [-0.2, -0.15) is 0 Å². The molecule has 2 N–H and O–H groups in total. The molecule has 0 radical (unpaired) electrons. The van der Waals surface area contributed by atoms with Gasteiger partial charge >= 0.3 is 12.3 Å². The Bertz CT molecular complexity index is 1360. The Kier molecular flexibility index (Phi) is 10.5. The third-order valence-corrected chi connectivity index (χ3v) is 8.10. The van der Waals surface area contributed by atoms with E-state index in [1.807, 2.05) is 0 Å². The number of rotatable bonds is 8. The van der Waals surface area contributed by atoms with Gasteiger partial charge in [0.05, 0.1) is 29.9 Å². The molecule has 0 bridgehead atoms. The van der Waals surface area contributed by atoms with Crippen LogP contribution in [-0.4, -0.2) is 35.7 Å². The van der Waals surface area contributed by atoms with E-state index in [2.05, 4.69) is 49.4 Å². The summed E-state index contributed by atoms with van der Waals surface area (Å²) >= 11 is 3.15. The molecule has 8 nitrogen and oxygen atoms in total. The molecule has 0 aliphatic heterocycles. The Hall–Kier alpha value is -3.12. The molecule has 42 heavy (non-hydrogen) atoms. The number of aromatic nitrogens is 2. The topological polar surface area (TPSA) is 110 Å². The normalized spacial score (nSPS) is 20.4. The maximum Gasteiger partial charge on any atom is 0.573 e. The molecule has 12 heteroatoms. The Labute approximate surface area is 251 Å². The van der Waals surface area contributed by atoms with Gasteiger partial charge in [-0.25, -0.2) is 9.78 Å². The van der Waals surface area contributed by atoms with Gasteiger partial charge in [-0.3, -0.25) is 0 Å². The largest absolute Gasteiger partial charge is 0.573 e. The predicted molar refractivity (Wildman–Crippen MR) is 154 cm³/mol. The second-order valence-electron chi connectivity index (χ2n) is 10.8. The van der Waals surface area contributed by atoms with Crippen molar-refractivity contribution < 1.29 is 36.7 Å². The van der Waals surface area contributed by atoms with E-state index < -0.39 is 12.3 Å². The highest BCUT2D eigenvalue weighted by atomic mass is 79.9. The number of ether oxygens (including phenoxy) is 3. The minimum absolute atomic E-state index is 0.148. The van der Waals surface area contributed by atoms with Crippen molar-refractivity contribution in [3.63, 3.8) is 0 Å². The van der Waals surface area contributed by atoms with Crippen molar-refractivity contribution in [2.24, 2.45) is 11.8 Å². The van der Waals surface area contributed by atoms with E-state index in [-0.39, 0.29) is 23.3 Å². The Balaban J connectivity index is 0.000000283. The summed E-state index contributed by atoms with van der Waals surface area (Å²) < 4.78 is 59.9. The first kappa shape index (κ1) is 31.8. The van der Waals surface area contributed by atoms with Crippen LogP contribution in [0.3, 0.4) is 0 Å². The summed E-state index contributed by atoms with van der Waals surface area (Å²) in [5.74, 6) is 1.92. The van der Waals surface area contributed by atoms with Crippen molar-refractivity contribution in [3.8, 4) is 17.0 Å². The first-order chi connectivity index (χ1) is 20.0. The molecule has 2 aliphatic rings. The molecule has 3 aromatic rings. The zero-order valence-corrected chi connectivity index (χ0v) is 25.3. The van der Waals surface area contributed by atoms with Gasteiger partial charge in [0.15, 0.2) is 0 Å². The molecule has 1 unspecified atom stereocenters. The van der Waals surface area contributed by atoms with Crippen molar-refractivity contribution in [1.29, 1.82) is 0 Å². The lowest BCUT2D eigenvalue weighted by molar-refractivity contribution is -0.274. The molecule has 2 aromatic heterocycles. The van der Waals surface area contributed by atoms with Crippen LogP contribution in [0.4, 0.5) is 19.0 Å². The van der Waals surface area contributed by atoms with Crippen molar-refractivity contribution in [1.82, 2.24) is 10.1 Å². The lowest BCUT2D eigenvalue weighted by Gasteiger charge is -2.32. The third kappa shape index (κ3) is 8.47. The van der Waals surface area contributed by atoms with Crippen LogP contribution in [-0.2, 0) is 16.1 Å². The van der Waals surface area contributed by atoms with Gasteiger partial charge < -0.3 is 24.5 Å². The van der Waals surface area contributed by atoms with Gasteiger partial charge in [0.25, 0.3) is 0 Å². The second-order valence-corrected chi connectivity index (χ2v) is 11.6. The molecule has 5 rings (SSSR count). The number of methoxy groups -OCH3 is 1. The number of hydrogen-bond acceptors (Lipinski definition) is 8. The van der Waals surface area contributed by atoms with Gasteiger partial charge in [-0.05, 0) is 78.1 Å². The third-order valence-electron chi connectivity index (χ3n) is 7.46. The molecule has 2 saturated carbocycles. The Morgan fingerprint density at radius 3 is 2.57 bits per heavy atom. The van der Waals surface area contributed by atoms with Crippen LogP contribution in [0.2, 0.25) is 0 Å². The summed E-state index contributed by atoms with van der Waals surface area (Å²) in [6.45, 7) is 4.75. The minimum Gasteiger partial charge on any atom is -0.465 e. The van der Waals surface area contributed by atoms with Crippen LogP contribution in [0.5, 0.6) is 5.75 Å². The molecular formula is C30H35BrF3N3O5. The van der Waals surface area contributed by atoms with Crippen LogP contribution < -0.4 is 10.5 Å². The summed E-state index contributed by atoms with van der Waals surface area (Å²) in [6.07, 6.45) is 3.13. The number of nitrogen functional groups attached to an aromatic ring is 1. The van der Waals surface area contributed by atoms with E-state index in [9.17, 15) is 18.0 Å². The zero-order chi connectivity index (χ0) is 30.4. The molecule has 0 saturated heterocycles. The summed E-state index contributed by atoms with van der Waals surface area (Å²) in [5, 5.41) is 4.15. The molecular weight excluding hydrogens is 619 g/mol. The number of para-hydroxylation sites is 1. The highest BCUT2D eigenvalue weighted by Gasteiger charge is 2.36. The molecule has 2 heterocycles. The highest BCUT2D eigenvalue weighted by Crippen LogP contribution is 2.46. The fraction of sp³-hybridized carbons (Fsp3) is 0.500. The lowest BCUT2D eigenvalue weighted by Crippen LogP contribution is -2.27. The number of hydrogen-bond donors (Lipinski definition) is 1. The fourth-order valence-corrected chi connectivity index (χ4v) is 5.59. The van der Waals surface area contributed by atoms with Gasteiger partial charge in [-0.15, -0.1) is 13.2 Å². The minimum atomic E-state index is -4.77. The quantitative estimate of drug-likeness (QED) is 0.243. The number of alkyl halides is 3. The smallest absolute Gasteiger partial charge is 0.465 e. The number of carbonyl (C=O) groups is 1. The average Bonchev–Trinajstić information content (AvgIpc) is 3.71. The van der Waals surface area contributed by atoms with Crippen LogP contribution >= 0.6 is 15.9 Å². The molecule has 3 atom stereocenters. The van der Waals surface area contributed by atoms with E-state index in [1.165, 1.54) is 31.9 Å². The summed E-state index contributed by atoms with van der Waals surface area (Å²) in [4.78, 5) is 14.7. The van der Waals surface area contributed by atoms with E-state index >= 15 is 0 Å². The Morgan fingerprint density at radius 2 is 1.93 bits per heavy atom. The van der Waals surface area contributed by atoms with E-state index in [1.54, 1.807) is 18.2 Å². The monoisotopic (exact) mass is 653 g/mol. The summed E-state index contributed by atoms with van der Waals surface area (Å²) in [6, 6.07) is 7.62. The van der Waals surface area contributed by atoms with Gasteiger partial charge in [0.1, 0.15) is 23.0 Å². The van der Waals surface area contributed by atoms with Crippen molar-refractivity contribution in [2.75, 3.05) is 12.8 Å². The van der Waals surface area contributed by atoms with E-state index in [0.717, 1.165) is 43.4 Å². The van der Waals surface area contributed by atoms with Crippen molar-refractivity contribution in [2.45, 2.75) is 77.4 Å². The first-order valence-electron chi connectivity index (χ1n) is 13.9. The lowest BCUT2D eigenvalue weighted by atomic mass is 9.79. The maximum atomic E-state index is 12.9. The molecule has 0 spiro atoms. The molecule has 2 fully saturated rings. The van der Waals surface area contributed by atoms with Crippen LogP contribution in [0.1, 0.15) is 80.0 Å². The van der Waals surface area contributed by atoms with Crippen molar-refractivity contribution >= 4 is 27.7 Å². The maximum absolute atomic E-state index is 12.9. The average molecular weight is 655 g/mol. The number of nitrogens with two attached hydrogens (primary N) is 1. The Morgan fingerprint density at radius 1 is 1.19 bits per heavy atom. The first-order valence-corrected chi connectivity index (χ1v) is 14.7. The summed E-state index contributed by atoms with van der Waals surface area (Å²) in [7, 11) is 1.31. The summed E-state index contributed by atoms with van der Waals surface area (Å²) in [5.41, 5.74) is 7.20. The van der Waals surface area contributed by atoms with Gasteiger partial charge in [0, 0.05) is 23.2 Å². The standard InChI is InChI=1S/C23H28F3NO3.C7H7BrN2O2/c1-3-15-10-14(2)11-17(12-15)28-13-19-21(27-30-22(19)16-8-9-16)18-6-4-5-7-20(18)29-23(24,25)26;1-12-7(11)4-2-5(8)6(9)10-3-4/h4-7,14-17H,3,8-13H2,1-2H3;2-3H,1H3,(H2,9,10)/t14?,15-,17-;/m1./s1. The van der Waals surface area contributed by atoms with E-state index in [0.29, 0.717) is 40.0 Å². The van der Waals surface area contributed by atoms with Gasteiger partial charge in [-0.1, -0.05) is 37.6 Å². The van der Waals surface area contributed by atoms with E-state index in [4.69, 9.17) is 15.0 Å². The van der Waals surface area contributed by atoms with Crippen LogP contribution in [0, 0.1) is 11.8 Å². The number of anilines is 1.